The van der Waals surface area contributed by atoms with E-state index < -0.39 is 0 Å². The lowest BCUT2D eigenvalue weighted by Gasteiger charge is -2.03. The van der Waals surface area contributed by atoms with Crippen LogP contribution in [0.5, 0.6) is 0 Å². The van der Waals surface area contributed by atoms with Crippen molar-refractivity contribution >= 4 is 5.69 Å². The third kappa shape index (κ3) is 1.59. The molecule has 0 aliphatic carbocycles. The van der Waals surface area contributed by atoms with E-state index >= 15 is 0 Å². The molecule has 0 atom stereocenters. The molecule has 4 heteroatoms. The highest BCUT2D eigenvalue weighted by molar-refractivity contribution is 5.47. The van der Waals surface area contributed by atoms with Gasteiger partial charge >= 0.3 is 0 Å². The summed E-state index contributed by atoms with van der Waals surface area (Å²) < 4.78 is 1.81. The monoisotopic (exact) mass is 188 g/mol. The number of nitrogens with zero attached hydrogens (tertiary/aromatic N) is 3. The van der Waals surface area contributed by atoms with Gasteiger partial charge < -0.3 is 5.32 Å². The van der Waals surface area contributed by atoms with Gasteiger partial charge in [-0.3, -0.25) is 4.98 Å². The minimum absolute atomic E-state index is 0.963. The van der Waals surface area contributed by atoms with Crippen LogP contribution in [0.1, 0.15) is 5.69 Å². The Kier molecular flexibility index (Phi) is 2.18. The highest BCUT2D eigenvalue weighted by Gasteiger charge is 1.99. The summed E-state index contributed by atoms with van der Waals surface area (Å²) in [6, 6.07) is 3.96. The largest absolute Gasteiger partial charge is 0.387 e. The van der Waals surface area contributed by atoms with Gasteiger partial charge in [0.2, 0.25) is 0 Å². The predicted octanol–water partition coefficient (Wildman–Crippen LogP) is 1.62. The number of aromatic nitrogens is 3. The summed E-state index contributed by atoms with van der Waals surface area (Å²) in [6.45, 7) is 1.96. The van der Waals surface area contributed by atoms with Crippen LogP contribution in [0.15, 0.2) is 30.7 Å². The van der Waals surface area contributed by atoms with Gasteiger partial charge in [-0.25, -0.2) is 4.68 Å². The third-order valence-corrected chi connectivity index (χ3v) is 2.00. The van der Waals surface area contributed by atoms with Crippen LogP contribution in [0.3, 0.4) is 0 Å². The molecule has 0 aliphatic heterocycles. The molecule has 1 N–H and O–H groups in total. The molecule has 0 fully saturated rings. The maximum Gasteiger partial charge on any atom is 0.0849 e. The fraction of sp³-hybridized carbons (Fsp3) is 0.200. The Bertz CT molecular complexity index is 433. The van der Waals surface area contributed by atoms with Gasteiger partial charge in [-0.05, 0) is 19.1 Å². The maximum atomic E-state index is 4.31. The number of hydrogen-bond donors (Lipinski definition) is 1. The quantitative estimate of drug-likeness (QED) is 0.778. The maximum absolute atomic E-state index is 4.31. The lowest BCUT2D eigenvalue weighted by Crippen LogP contribution is -1.97. The number of nitrogens with one attached hydrogen (secondary N) is 1. The Balaban J connectivity index is 2.41. The number of pyridine rings is 1. The molecule has 0 saturated heterocycles. The minimum Gasteiger partial charge on any atom is -0.387 e. The van der Waals surface area contributed by atoms with Crippen molar-refractivity contribution < 1.29 is 0 Å². The van der Waals surface area contributed by atoms with Gasteiger partial charge in [-0.15, -0.1) is 0 Å². The molecule has 0 radical (unpaired) electrons. The predicted molar refractivity (Wildman–Crippen MR) is 55.6 cm³/mol. The molecule has 14 heavy (non-hydrogen) atoms. The summed E-state index contributed by atoms with van der Waals surface area (Å²) in [4.78, 5) is 4.12. The van der Waals surface area contributed by atoms with E-state index in [2.05, 4.69) is 15.4 Å². The van der Waals surface area contributed by atoms with Crippen LogP contribution < -0.4 is 5.32 Å². The van der Waals surface area contributed by atoms with Gasteiger partial charge in [0.1, 0.15) is 0 Å². The van der Waals surface area contributed by atoms with Crippen molar-refractivity contribution in [1.82, 2.24) is 14.8 Å². The summed E-state index contributed by atoms with van der Waals surface area (Å²) in [5.74, 6) is 0. The highest BCUT2D eigenvalue weighted by atomic mass is 15.3. The molecular weight excluding hydrogens is 176 g/mol. The fourth-order valence-electron chi connectivity index (χ4n) is 1.25. The SMILES string of the molecule is CNc1cncc(-n2ccc(C)n2)c1. The molecule has 0 bridgehead atoms. The van der Waals surface area contributed by atoms with Crippen LogP contribution in [-0.2, 0) is 0 Å². The van der Waals surface area contributed by atoms with E-state index in [0.29, 0.717) is 0 Å². The van der Waals surface area contributed by atoms with Crippen molar-refractivity contribution in [2.75, 3.05) is 12.4 Å². The molecule has 0 aliphatic rings. The van der Waals surface area contributed by atoms with Crippen molar-refractivity contribution in [2.45, 2.75) is 6.92 Å². The van der Waals surface area contributed by atoms with E-state index in [4.69, 9.17) is 0 Å². The van der Waals surface area contributed by atoms with E-state index in [9.17, 15) is 0 Å². The Morgan fingerprint density at radius 3 is 2.86 bits per heavy atom. The van der Waals surface area contributed by atoms with Crippen molar-refractivity contribution in [1.29, 1.82) is 0 Å². The van der Waals surface area contributed by atoms with Crippen LogP contribution >= 0.6 is 0 Å². The lowest BCUT2D eigenvalue weighted by molar-refractivity contribution is 0.857. The average Bonchev–Trinajstić information content (AvgIpc) is 2.65. The Hall–Kier alpha value is -1.84. The van der Waals surface area contributed by atoms with Crippen LogP contribution in [0.25, 0.3) is 5.69 Å². The number of anilines is 1. The number of rotatable bonds is 2. The Morgan fingerprint density at radius 2 is 2.21 bits per heavy atom. The first-order valence-electron chi connectivity index (χ1n) is 4.45. The number of hydrogen-bond acceptors (Lipinski definition) is 3. The number of aryl methyl sites for hydroxylation is 1. The van der Waals surface area contributed by atoms with Gasteiger partial charge in [-0.2, -0.15) is 5.10 Å². The first kappa shape index (κ1) is 8.74. The van der Waals surface area contributed by atoms with E-state index in [1.807, 2.05) is 37.0 Å². The van der Waals surface area contributed by atoms with Gasteiger partial charge in [0.05, 0.1) is 29.5 Å². The average molecular weight is 188 g/mol. The zero-order valence-corrected chi connectivity index (χ0v) is 8.23. The summed E-state index contributed by atoms with van der Waals surface area (Å²) >= 11 is 0. The summed E-state index contributed by atoms with van der Waals surface area (Å²) in [6.07, 6.45) is 5.49. The van der Waals surface area contributed by atoms with Crippen molar-refractivity contribution in [3.63, 3.8) is 0 Å². The summed E-state index contributed by atoms with van der Waals surface area (Å²) in [5.41, 5.74) is 2.94. The molecule has 72 valence electrons. The Morgan fingerprint density at radius 1 is 1.36 bits per heavy atom. The topological polar surface area (TPSA) is 42.7 Å². The highest BCUT2D eigenvalue weighted by Crippen LogP contribution is 2.11. The fourth-order valence-corrected chi connectivity index (χ4v) is 1.25. The minimum atomic E-state index is 0.963. The van der Waals surface area contributed by atoms with E-state index in [-0.39, 0.29) is 0 Å². The lowest BCUT2D eigenvalue weighted by atomic mass is 10.4. The Labute approximate surface area is 82.6 Å². The van der Waals surface area contributed by atoms with Crippen LogP contribution in [0, 0.1) is 6.92 Å². The third-order valence-electron chi connectivity index (χ3n) is 2.00. The van der Waals surface area contributed by atoms with E-state index in [1.54, 1.807) is 12.4 Å². The smallest absolute Gasteiger partial charge is 0.0849 e. The molecule has 2 aromatic rings. The molecule has 0 aromatic carbocycles. The van der Waals surface area contributed by atoms with Crippen molar-refractivity contribution in [3.05, 3.63) is 36.4 Å². The summed E-state index contributed by atoms with van der Waals surface area (Å²) in [7, 11) is 1.87. The van der Waals surface area contributed by atoms with Gasteiger partial charge in [-0.1, -0.05) is 0 Å². The molecule has 4 nitrogen and oxygen atoms in total. The molecule has 2 aromatic heterocycles. The first-order chi connectivity index (χ1) is 6.79. The standard InChI is InChI=1S/C10H12N4/c1-8-3-4-14(13-8)10-5-9(11-2)6-12-7-10/h3-7,11H,1-2H3. The molecule has 0 spiro atoms. The van der Waals surface area contributed by atoms with Crippen LogP contribution in [0.2, 0.25) is 0 Å². The van der Waals surface area contributed by atoms with Gasteiger partial charge in [0, 0.05) is 13.2 Å². The molecular formula is C10H12N4. The second-order valence-electron chi connectivity index (χ2n) is 3.08. The van der Waals surface area contributed by atoms with E-state index in [0.717, 1.165) is 17.1 Å². The van der Waals surface area contributed by atoms with Crippen molar-refractivity contribution in [2.24, 2.45) is 0 Å². The van der Waals surface area contributed by atoms with Crippen LogP contribution in [-0.4, -0.2) is 21.8 Å². The molecule has 2 heterocycles. The molecule has 0 amide bonds. The zero-order valence-electron chi connectivity index (χ0n) is 8.23. The van der Waals surface area contributed by atoms with E-state index in [1.165, 1.54) is 0 Å². The zero-order chi connectivity index (χ0) is 9.97. The molecule has 0 unspecified atom stereocenters. The van der Waals surface area contributed by atoms with Gasteiger partial charge in [0.15, 0.2) is 0 Å². The second kappa shape index (κ2) is 3.49. The first-order valence-corrected chi connectivity index (χ1v) is 4.45. The normalized spacial score (nSPS) is 10.1. The van der Waals surface area contributed by atoms with Crippen molar-refractivity contribution in [3.8, 4) is 5.69 Å². The summed E-state index contributed by atoms with van der Waals surface area (Å²) in [5, 5.41) is 7.35. The second-order valence-corrected chi connectivity index (χ2v) is 3.08. The molecule has 2 rings (SSSR count). The van der Waals surface area contributed by atoms with Crippen LogP contribution in [0.4, 0.5) is 5.69 Å². The molecule has 0 saturated carbocycles. The van der Waals surface area contributed by atoms with Gasteiger partial charge in [0.25, 0.3) is 0 Å².